The van der Waals surface area contributed by atoms with Crippen LogP contribution in [0.5, 0.6) is 0 Å². The molecule has 0 saturated carbocycles. The second kappa shape index (κ2) is 12.4. The normalized spacial score (nSPS) is 11.4. The Kier molecular flexibility index (Phi) is 10.2. The quantitative estimate of drug-likeness (QED) is 0.643. The van der Waals surface area contributed by atoms with E-state index in [1.54, 1.807) is 6.08 Å². The van der Waals surface area contributed by atoms with Gasteiger partial charge in [0, 0.05) is 11.8 Å². The topological polar surface area (TPSA) is 78.4 Å². The number of amides is 1. The van der Waals surface area contributed by atoms with Crippen molar-refractivity contribution in [3.05, 3.63) is 71.8 Å². The van der Waals surface area contributed by atoms with Gasteiger partial charge in [0.2, 0.25) is 5.91 Å². The number of nitrogens with one attached hydrogen (secondary N) is 2. The maximum Gasteiger partial charge on any atom is 0.328 e. The highest BCUT2D eigenvalue weighted by molar-refractivity contribution is 5.95. The molecule has 3 N–H and O–H groups in total. The van der Waals surface area contributed by atoms with Crippen LogP contribution in [0.2, 0.25) is 0 Å². The average molecular weight is 368 g/mol. The average Bonchev–Trinajstić information content (AvgIpc) is 2.67. The molecule has 0 spiro atoms. The SMILES string of the molecule is CCCNC(C)C(=O)Nc1ccccc1C.O=C(O)C=Cc1ccccc1. The predicted molar refractivity (Wildman–Crippen MR) is 111 cm³/mol. The summed E-state index contributed by atoms with van der Waals surface area (Å²) in [4.78, 5) is 21.9. The number of aliphatic carboxylic acids is 1. The molecule has 1 atom stereocenters. The van der Waals surface area contributed by atoms with Crippen LogP contribution in [-0.2, 0) is 9.59 Å². The lowest BCUT2D eigenvalue weighted by molar-refractivity contribution is -0.131. The lowest BCUT2D eigenvalue weighted by Gasteiger charge is -2.14. The maximum absolute atomic E-state index is 11.8. The Labute approximate surface area is 161 Å². The molecule has 144 valence electrons. The smallest absolute Gasteiger partial charge is 0.328 e. The summed E-state index contributed by atoms with van der Waals surface area (Å²) in [6, 6.07) is 16.9. The first kappa shape index (κ1) is 22.1. The molecule has 2 rings (SSSR count). The molecule has 2 aromatic carbocycles. The van der Waals surface area contributed by atoms with Gasteiger partial charge in [-0.2, -0.15) is 0 Å². The Balaban J connectivity index is 0.000000289. The van der Waals surface area contributed by atoms with Crippen molar-refractivity contribution in [2.75, 3.05) is 11.9 Å². The molecule has 0 aliphatic heterocycles. The highest BCUT2D eigenvalue weighted by Gasteiger charge is 2.12. The van der Waals surface area contributed by atoms with Gasteiger partial charge >= 0.3 is 5.97 Å². The molecule has 0 aliphatic carbocycles. The number of benzene rings is 2. The van der Waals surface area contributed by atoms with E-state index in [1.165, 1.54) is 0 Å². The summed E-state index contributed by atoms with van der Waals surface area (Å²) in [7, 11) is 0. The van der Waals surface area contributed by atoms with Crippen molar-refractivity contribution in [2.45, 2.75) is 33.2 Å². The van der Waals surface area contributed by atoms with Crippen LogP contribution in [0.4, 0.5) is 5.69 Å². The molecular weight excluding hydrogens is 340 g/mol. The molecule has 0 heterocycles. The highest BCUT2D eigenvalue weighted by atomic mass is 16.4. The van der Waals surface area contributed by atoms with Crippen molar-refractivity contribution in [1.29, 1.82) is 0 Å². The third-order valence-electron chi connectivity index (χ3n) is 3.71. The molecule has 5 heteroatoms. The maximum atomic E-state index is 11.8. The summed E-state index contributed by atoms with van der Waals surface area (Å²) in [5.74, 6) is -0.906. The molecule has 1 unspecified atom stereocenters. The third kappa shape index (κ3) is 9.37. The number of hydrogen-bond acceptors (Lipinski definition) is 3. The lowest BCUT2D eigenvalue weighted by Crippen LogP contribution is -2.38. The minimum Gasteiger partial charge on any atom is -0.478 e. The van der Waals surface area contributed by atoms with Crippen molar-refractivity contribution in [3.8, 4) is 0 Å². The van der Waals surface area contributed by atoms with E-state index in [1.807, 2.05) is 68.4 Å². The van der Waals surface area contributed by atoms with Crippen LogP contribution < -0.4 is 10.6 Å². The van der Waals surface area contributed by atoms with Crippen LogP contribution in [0.25, 0.3) is 6.08 Å². The van der Waals surface area contributed by atoms with Gasteiger partial charge in [-0.3, -0.25) is 4.79 Å². The second-order valence-electron chi connectivity index (χ2n) is 6.06. The van der Waals surface area contributed by atoms with E-state index in [2.05, 4.69) is 17.6 Å². The third-order valence-corrected chi connectivity index (χ3v) is 3.71. The van der Waals surface area contributed by atoms with Gasteiger partial charge in [0.15, 0.2) is 0 Å². The fraction of sp³-hybridized carbons (Fsp3) is 0.273. The van der Waals surface area contributed by atoms with Crippen LogP contribution in [-0.4, -0.2) is 29.6 Å². The monoisotopic (exact) mass is 368 g/mol. The van der Waals surface area contributed by atoms with E-state index in [9.17, 15) is 9.59 Å². The molecule has 0 bridgehead atoms. The first-order chi connectivity index (χ1) is 12.9. The van der Waals surface area contributed by atoms with Crippen molar-refractivity contribution in [3.63, 3.8) is 0 Å². The first-order valence-corrected chi connectivity index (χ1v) is 9.00. The summed E-state index contributed by atoms with van der Waals surface area (Å²) in [5.41, 5.74) is 2.87. The molecule has 1 amide bonds. The summed E-state index contributed by atoms with van der Waals surface area (Å²) in [6.07, 6.45) is 3.71. The Morgan fingerprint density at radius 3 is 2.30 bits per heavy atom. The van der Waals surface area contributed by atoms with Crippen LogP contribution in [0.15, 0.2) is 60.7 Å². The Bertz CT molecular complexity index is 742. The van der Waals surface area contributed by atoms with Crippen LogP contribution in [0.3, 0.4) is 0 Å². The van der Waals surface area contributed by atoms with Crippen LogP contribution in [0.1, 0.15) is 31.4 Å². The summed E-state index contributed by atoms with van der Waals surface area (Å²) in [6.45, 7) is 6.81. The Morgan fingerprint density at radius 1 is 1.07 bits per heavy atom. The fourth-order valence-corrected chi connectivity index (χ4v) is 2.14. The number of carboxylic acids is 1. The lowest BCUT2D eigenvalue weighted by atomic mass is 10.2. The number of carboxylic acid groups (broad SMARTS) is 1. The number of aryl methyl sites for hydroxylation is 1. The van der Waals surface area contributed by atoms with Gasteiger partial charge in [-0.05, 0) is 50.1 Å². The van der Waals surface area contributed by atoms with E-state index in [0.29, 0.717) is 0 Å². The van der Waals surface area contributed by atoms with E-state index in [0.717, 1.165) is 35.9 Å². The van der Waals surface area contributed by atoms with Crippen molar-refractivity contribution in [2.24, 2.45) is 0 Å². The molecule has 0 saturated heterocycles. The van der Waals surface area contributed by atoms with E-state index in [4.69, 9.17) is 5.11 Å². The van der Waals surface area contributed by atoms with E-state index < -0.39 is 5.97 Å². The molecular formula is C22H28N2O3. The van der Waals surface area contributed by atoms with Gasteiger partial charge in [0.05, 0.1) is 6.04 Å². The zero-order chi connectivity index (χ0) is 20.1. The first-order valence-electron chi connectivity index (χ1n) is 9.00. The van der Waals surface area contributed by atoms with Crippen molar-refractivity contribution >= 4 is 23.6 Å². The molecule has 27 heavy (non-hydrogen) atoms. The zero-order valence-electron chi connectivity index (χ0n) is 16.1. The van der Waals surface area contributed by atoms with Gasteiger partial charge in [-0.25, -0.2) is 4.79 Å². The number of hydrogen-bond donors (Lipinski definition) is 3. The Morgan fingerprint density at radius 2 is 1.70 bits per heavy atom. The van der Waals surface area contributed by atoms with Crippen LogP contribution >= 0.6 is 0 Å². The largest absolute Gasteiger partial charge is 0.478 e. The van der Waals surface area contributed by atoms with Crippen molar-refractivity contribution < 1.29 is 14.7 Å². The van der Waals surface area contributed by atoms with Crippen LogP contribution in [0, 0.1) is 6.92 Å². The van der Waals surface area contributed by atoms with Gasteiger partial charge in [0.1, 0.15) is 0 Å². The summed E-state index contributed by atoms with van der Waals surface area (Å²) >= 11 is 0. The molecule has 0 aliphatic rings. The summed E-state index contributed by atoms with van der Waals surface area (Å²) < 4.78 is 0. The predicted octanol–water partition coefficient (Wildman–Crippen LogP) is 4.11. The number of para-hydroxylation sites is 1. The van der Waals surface area contributed by atoms with Crippen molar-refractivity contribution in [1.82, 2.24) is 5.32 Å². The second-order valence-corrected chi connectivity index (χ2v) is 6.06. The minimum absolute atomic E-state index is 0.0164. The fourth-order valence-electron chi connectivity index (χ4n) is 2.14. The highest BCUT2D eigenvalue weighted by Crippen LogP contribution is 2.13. The Hall–Kier alpha value is -2.92. The van der Waals surface area contributed by atoms with E-state index in [-0.39, 0.29) is 11.9 Å². The molecule has 2 aromatic rings. The number of anilines is 1. The summed E-state index contributed by atoms with van der Waals surface area (Å²) in [5, 5.41) is 14.4. The van der Waals surface area contributed by atoms with Gasteiger partial charge < -0.3 is 15.7 Å². The number of rotatable bonds is 7. The van der Waals surface area contributed by atoms with E-state index >= 15 is 0 Å². The molecule has 0 radical (unpaired) electrons. The molecule has 0 fully saturated rings. The minimum atomic E-state index is -0.922. The van der Waals surface area contributed by atoms with Gasteiger partial charge in [-0.1, -0.05) is 55.5 Å². The molecule has 5 nitrogen and oxygen atoms in total. The molecule has 0 aromatic heterocycles. The standard InChI is InChI=1S/C13H20N2O.C9H8O2/c1-4-9-14-11(3)13(16)15-12-8-6-5-7-10(12)2;10-9(11)7-6-8-4-2-1-3-5-8/h5-8,11,14H,4,9H2,1-3H3,(H,15,16);1-7H,(H,10,11). The number of carbonyl (C=O) groups excluding carboxylic acids is 1. The van der Waals surface area contributed by atoms with Gasteiger partial charge in [0.25, 0.3) is 0 Å². The number of carbonyl (C=O) groups is 2. The van der Waals surface area contributed by atoms with Gasteiger partial charge in [-0.15, -0.1) is 0 Å². The zero-order valence-corrected chi connectivity index (χ0v) is 16.1.